The van der Waals surface area contributed by atoms with Gasteiger partial charge < -0.3 is 10.0 Å². The Bertz CT molecular complexity index is 559. The fourth-order valence-electron chi connectivity index (χ4n) is 2.08. The lowest BCUT2D eigenvalue weighted by molar-refractivity contribution is 0.281. The van der Waals surface area contributed by atoms with Crippen LogP contribution in [0.3, 0.4) is 0 Å². The highest BCUT2D eigenvalue weighted by Crippen LogP contribution is 2.20. The maximum absolute atomic E-state index is 12.3. The molecule has 7 heteroatoms. The van der Waals surface area contributed by atoms with E-state index in [1.165, 1.54) is 18.2 Å². The van der Waals surface area contributed by atoms with Crippen LogP contribution in [0.4, 0.5) is 0 Å². The Morgan fingerprint density at radius 3 is 2.48 bits per heavy atom. The first-order valence-corrected chi connectivity index (χ1v) is 8.84. The fourth-order valence-corrected chi connectivity index (χ4v) is 3.54. The number of likely N-dealkylation sites (N-methyl/N-ethyl adjacent to an activating group) is 1. The van der Waals surface area contributed by atoms with Gasteiger partial charge in [-0.15, -0.1) is 0 Å². The Balaban J connectivity index is 2.86. The summed E-state index contributed by atoms with van der Waals surface area (Å²) in [6, 6.07) is 4.11. The van der Waals surface area contributed by atoms with Gasteiger partial charge in [-0.25, -0.2) is 13.1 Å². The van der Waals surface area contributed by atoms with E-state index in [-0.39, 0.29) is 17.5 Å². The molecule has 1 atom stereocenters. The topological polar surface area (TPSA) is 69.6 Å². The van der Waals surface area contributed by atoms with Gasteiger partial charge >= 0.3 is 0 Å². The maximum Gasteiger partial charge on any atom is 0.240 e. The zero-order chi connectivity index (χ0) is 16.0. The van der Waals surface area contributed by atoms with Gasteiger partial charge in [0.2, 0.25) is 10.0 Å². The molecule has 0 fully saturated rings. The molecule has 5 nitrogen and oxygen atoms in total. The van der Waals surface area contributed by atoms with Crippen LogP contribution in [0.5, 0.6) is 0 Å². The van der Waals surface area contributed by atoms with Crippen LogP contribution in [0.25, 0.3) is 0 Å². The first-order valence-electron chi connectivity index (χ1n) is 6.98. The number of hydrogen-bond acceptors (Lipinski definition) is 4. The minimum Gasteiger partial charge on any atom is -0.392 e. The van der Waals surface area contributed by atoms with Crippen LogP contribution in [0.15, 0.2) is 23.1 Å². The molecule has 0 bridgehead atoms. The van der Waals surface area contributed by atoms with Crippen molar-refractivity contribution in [3.8, 4) is 0 Å². The van der Waals surface area contributed by atoms with Crippen LogP contribution in [0.1, 0.15) is 26.3 Å². The van der Waals surface area contributed by atoms with Crippen molar-refractivity contribution in [2.75, 3.05) is 19.6 Å². The smallest absolute Gasteiger partial charge is 0.240 e. The van der Waals surface area contributed by atoms with E-state index in [1.54, 1.807) is 0 Å². The van der Waals surface area contributed by atoms with Crippen LogP contribution < -0.4 is 4.72 Å². The third-order valence-electron chi connectivity index (χ3n) is 3.28. The molecule has 1 rings (SSSR count). The van der Waals surface area contributed by atoms with Crippen molar-refractivity contribution in [2.24, 2.45) is 0 Å². The van der Waals surface area contributed by atoms with Crippen molar-refractivity contribution < 1.29 is 13.5 Å². The Morgan fingerprint density at radius 2 is 1.95 bits per heavy atom. The summed E-state index contributed by atoms with van der Waals surface area (Å²) in [7, 11) is -3.62. The number of rotatable bonds is 8. The second-order valence-corrected chi connectivity index (χ2v) is 7.04. The van der Waals surface area contributed by atoms with Gasteiger partial charge in [-0.05, 0) is 43.8 Å². The van der Waals surface area contributed by atoms with E-state index in [2.05, 4.69) is 9.62 Å². The summed E-state index contributed by atoms with van der Waals surface area (Å²) in [6.45, 7) is 8.01. The van der Waals surface area contributed by atoms with Gasteiger partial charge in [0.15, 0.2) is 0 Å². The largest absolute Gasteiger partial charge is 0.392 e. The van der Waals surface area contributed by atoms with Crippen molar-refractivity contribution in [3.05, 3.63) is 28.8 Å². The van der Waals surface area contributed by atoms with E-state index in [4.69, 9.17) is 16.7 Å². The van der Waals surface area contributed by atoms with E-state index in [1.807, 2.05) is 20.8 Å². The summed E-state index contributed by atoms with van der Waals surface area (Å²) in [4.78, 5) is 2.26. The second kappa shape index (κ2) is 8.10. The molecule has 1 aromatic rings. The zero-order valence-electron chi connectivity index (χ0n) is 12.6. The first-order chi connectivity index (χ1) is 9.83. The molecule has 21 heavy (non-hydrogen) atoms. The minimum atomic E-state index is -3.62. The molecule has 0 saturated carbocycles. The van der Waals surface area contributed by atoms with E-state index in [0.29, 0.717) is 17.1 Å². The van der Waals surface area contributed by atoms with E-state index in [9.17, 15) is 8.42 Å². The van der Waals surface area contributed by atoms with Crippen molar-refractivity contribution in [1.82, 2.24) is 9.62 Å². The number of hydrogen-bond donors (Lipinski definition) is 2. The third kappa shape index (κ3) is 5.23. The molecule has 0 heterocycles. The Hall–Kier alpha value is -0.660. The van der Waals surface area contributed by atoms with Crippen LogP contribution in [0.2, 0.25) is 5.02 Å². The quantitative estimate of drug-likeness (QED) is 0.761. The zero-order valence-corrected chi connectivity index (χ0v) is 14.2. The minimum absolute atomic E-state index is 0.113. The SMILES string of the molecule is CCN(CC)CC(C)NS(=O)(=O)c1ccc(Cl)c(CO)c1. The molecule has 1 aromatic carbocycles. The molecule has 0 aliphatic carbocycles. The molecule has 0 radical (unpaired) electrons. The Morgan fingerprint density at radius 1 is 1.33 bits per heavy atom. The molecule has 0 spiro atoms. The Labute approximate surface area is 132 Å². The van der Waals surface area contributed by atoms with Crippen molar-refractivity contribution in [3.63, 3.8) is 0 Å². The number of benzene rings is 1. The van der Waals surface area contributed by atoms with Gasteiger partial charge in [0.05, 0.1) is 11.5 Å². The van der Waals surface area contributed by atoms with E-state index >= 15 is 0 Å². The number of halogens is 1. The molecule has 0 aromatic heterocycles. The van der Waals surface area contributed by atoms with Gasteiger partial charge in [-0.1, -0.05) is 25.4 Å². The molecule has 0 saturated heterocycles. The average molecular weight is 335 g/mol. The predicted molar refractivity (Wildman–Crippen MR) is 84.9 cm³/mol. The van der Waals surface area contributed by atoms with Gasteiger partial charge in [0.25, 0.3) is 0 Å². The van der Waals surface area contributed by atoms with E-state index < -0.39 is 10.0 Å². The Kier molecular flexibility index (Phi) is 7.09. The highest BCUT2D eigenvalue weighted by Gasteiger charge is 2.19. The summed E-state index contributed by atoms with van der Waals surface area (Å²) in [6.07, 6.45) is 0. The molecular weight excluding hydrogens is 312 g/mol. The summed E-state index contributed by atoms with van der Waals surface area (Å²) in [5.74, 6) is 0. The van der Waals surface area contributed by atoms with Gasteiger partial charge in [0.1, 0.15) is 0 Å². The molecule has 2 N–H and O–H groups in total. The number of sulfonamides is 1. The number of nitrogens with zero attached hydrogens (tertiary/aromatic N) is 1. The molecular formula is C14H23ClN2O3S. The highest BCUT2D eigenvalue weighted by molar-refractivity contribution is 7.89. The second-order valence-electron chi connectivity index (χ2n) is 4.92. The van der Waals surface area contributed by atoms with Crippen LogP contribution >= 0.6 is 11.6 Å². The van der Waals surface area contributed by atoms with E-state index in [0.717, 1.165) is 13.1 Å². The fraction of sp³-hybridized carbons (Fsp3) is 0.571. The highest BCUT2D eigenvalue weighted by atomic mass is 35.5. The first kappa shape index (κ1) is 18.4. The lowest BCUT2D eigenvalue weighted by Gasteiger charge is -2.23. The lowest BCUT2D eigenvalue weighted by Crippen LogP contribution is -2.41. The third-order valence-corrected chi connectivity index (χ3v) is 5.24. The van der Waals surface area contributed by atoms with Gasteiger partial charge in [-0.2, -0.15) is 0 Å². The van der Waals surface area contributed by atoms with Gasteiger partial charge in [-0.3, -0.25) is 0 Å². The molecule has 0 amide bonds. The van der Waals surface area contributed by atoms with Crippen LogP contribution in [-0.4, -0.2) is 44.1 Å². The molecule has 120 valence electrons. The molecule has 0 aliphatic heterocycles. The number of aliphatic hydroxyl groups is 1. The van der Waals surface area contributed by atoms with Crippen molar-refractivity contribution >= 4 is 21.6 Å². The summed E-state index contributed by atoms with van der Waals surface area (Å²) < 4.78 is 27.3. The molecule has 1 unspecified atom stereocenters. The number of nitrogens with one attached hydrogen (secondary N) is 1. The summed E-state index contributed by atoms with van der Waals surface area (Å²) in [5.41, 5.74) is 0.399. The van der Waals surface area contributed by atoms with Crippen LogP contribution in [0, 0.1) is 0 Å². The molecule has 0 aliphatic rings. The standard InChI is InChI=1S/C14H23ClN2O3S/c1-4-17(5-2)9-11(3)16-21(19,20)13-6-7-14(15)12(8-13)10-18/h6-8,11,16,18H,4-5,9-10H2,1-3H3. The van der Waals surface area contributed by atoms with Crippen molar-refractivity contribution in [2.45, 2.75) is 38.3 Å². The maximum atomic E-state index is 12.3. The van der Waals surface area contributed by atoms with Crippen LogP contribution in [-0.2, 0) is 16.6 Å². The van der Waals surface area contributed by atoms with Gasteiger partial charge in [0, 0.05) is 17.6 Å². The summed E-state index contributed by atoms with van der Waals surface area (Å²) >= 11 is 5.88. The average Bonchev–Trinajstić information content (AvgIpc) is 2.44. The normalized spacial score (nSPS) is 13.6. The van der Waals surface area contributed by atoms with Crippen molar-refractivity contribution in [1.29, 1.82) is 0 Å². The monoisotopic (exact) mass is 334 g/mol. The summed E-state index contributed by atoms with van der Waals surface area (Å²) in [5, 5.41) is 9.52. The lowest BCUT2D eigenvalue weighted by atomic mass is 10.2. The predicted octanol–water partition coefficient (Wildman–Crippen LogP) is 1.84. The number of aliphatic hydroxyl groups excluding tert-OH is 1.